The molecule has 2 N–H and O–H groups in total. The number of hydrogen-bond acceptors (Lipinski definition) is 6. The Morgan fingerprint density at radius 1 is 1.18 bits per heavy atom. The van der Waals surface area contributed by atoms with E-state index in [1.54, 1.807) is 0 Å². The zero-order chi connectivity index (χ0) is 22.2. The molecule has 0 atom stereocenters. The number of guanidine groups is 1. The van der Waals surface area contributed by atoms with Gasteiger partial charge in [-0.05, 0) is 31.7 Å². The summed E-state index contributed by atoms with van der Waals surface area (Å²) in [6.07, 6.45) is 2.56. The van der Waals surface area contributed by atoms with Gasteiger partial charge in [0.15, 0.2) is 11.8 Å². The summed E-state index contributed by atoms with van der Waals surface area (Å²) in [5.41, 5.74) is 1.09. The van der Waals surface area contributed by atoms with Crippen molar-refractivity contribution >= 4 is 29.9 Å². The zero-order valence-electron chi connectivity index (χ0n) is 19.6. The third-order valence-electron chi connectivity index (χ3n) is 5.97. The van der Waals surface area contributed by atoms with Crippen molar-refractivity contribution in [3.05, 3.63) is 41.5 Å². The summed E-state index contributed by atoms with van der Waals surface area (Å²) in [6.45, 7) is 9.19. The van der Waals surface area contributed by atoms with Crippen LogP contribution in [0.1, 0.15) is 30.1 Å². The van der Waals surface area contributed by atoms with E-state index in [0.29, 0.717) is 13.1 Å². The first-order valence-electron chi connectivity index (χ1n) is 11.6. The number of nitrogens with zero attached hydrogens (tertiary/aromatic N) is 5. The summed E-state index contributed by atoms with van der Waals surface area (Å²) in [5.74, 6) is 4.18. The first-order chi connectivity index (χ1) is 15.7. The molecule has 4 rings (SSSR count). The van der Waals surface area contributed by atoms with E-state index in [1.807, 2.05) is 36.7 Å². The van der Waals surface area contributed by atoms with Gasteiger partial charge in [0, 0.05) is 38.8 Å². The predicted molar refractivity (Wildman–Crippen MR) is 139 cm³/mol. The molecule has 1 saturated carbocycles. The van der Waals surface area contributed by atoms with Crippen molar-refractivity contribution in [2.75, 3.05) is 46.0 Å². The number of hydrogen-bond donors (Lipinski definition) is 2. The fraction of sp³-hybridized carbons (Fsp3) is 0.609. The Hall–Kier alpha value is -1.92. The van der Waals surface area contributed by atoms with Crippen LogP contribution < -0.4 is 15.4 Å². The Bertz CT molecular complexity index is 895. The van der Waals surface area contributed by atoms with Crippen LogP contribution in [0, 0.1) is 12.8 Å². The number of nitrogens with one attached hydrogen (secondary N) is 2. The fourth-order valence-electron chi connectivity index (χ4n) is 3.53. The largest absolute Gasteiger partial charge is 0.493 e. The summed E-state index contributed by atoms with van der Waals surface area (Å²) in [4.78, 5) is 7.25. The summed E-state index contributed by atoms with van der Waals surface area (Å²) in [6, 6.07) is 8.18. The number of aromatic nitrogens is 3. The number of para-hydroxylation sites is 1. The van der Waals surface area contributed by atoms with Gasteiger partial charge in [0.2, 0.25) is 0 Å². The molecule has 2 aromatic rings. The number of aliphatic imine (C=N–C) groups is 1. The van der Waals surface area contributed by atoms with Crippen LogP contribution in [-0.4, -0.2) is 71.6 Å². The van der Waals surface area contributed by atoms with Gasteiger partial charge in [-0.2, -0.15) is 0 Å². The number of ether oxygens (including phenoxy) is 2. The van der Waals surface area contributed by atoms with Crippen LogP contribution >= 0.6 is 24.0 Å². The Morgan fingerprint density at radius 2 is 1.97 bits per heavy atom. The fourth-order valence-corrected chi connectivity index (χ4v) is 3.53. The van der Waals surface area contributed by atoms with Crippen LogP contribution in [0.3, 0.4) is 0 Å². The van der Waals surface area contributed by atoms with E-state index < -0.39 is 0 Å². The van der Waals surface area contributed by atoms with Crippen LogP contribution in [0.2, 0.25) is 0 Å². The molecule has 2 fully saturated rings. The Labute approximate surface area is 213 Å². The second-order valence-corrected chi connectivity index (χ2v) is 8.48. The standard InChI is InChI=1S/C23H35N7O2.HI/c1-18-27-28-22(29(18)2)16-26-23(24-9-10-30-11-13-31-14-12-30)25-15-20-5-3-4-6-21(20)32-17-19-7-8-19;/h3-6,19H,7-17H2,1-2H3,(H2,24,25,26);1H. The highest BCUT2D eigenvalue weighted by molar-refractivity contribution is 14.0. The highest BCUT2D eigenvalue weighted by Crippen LogP contribution is 2.30. The molecule has 1 aromatic heterocycles. The van der Waals surface area contributed by atoms with Gasteiger partial charge in [0.1, 0.15) is 11.6 Å². The van der Waals surface area contributed by atoms with Gasteiger partial charge in [-0.1, -0.05) is 18.2 Å². The number of benzene rings is 1. The molecule has 0 bridgehead atoms. The van der Waals surface area contributed by atoms with E-state index in [-0.39, 0.29) is 24.0 Å². The van der Waals surface area contributed by atoms with Gasteiger partial charge in [0.25, 0.3) is 0 Å². The topological polar surface area (TPSA) is 88.8 Å². The lowest BCUT2D eigenvalue weighted by Crippen LogP contribution is -2.44. The molecule has 9 nitrogen and oxygen atoms in total. The number of halogens is 1. The number of morpholine rings is 1. The molecule has 1 aliphatic heterocycles. The number of rotatable bonds is 10. The van der Waals surface area contributed by atoms with Crippen LogP contribution in [0.4, 0.5) is 0 Å². The van der Waals surface area contributed by atoms with Crippen LogP contribution in [-0.2, 0) is 24.9 Å². The average Bonchev–Trinajstić information content (AvgIpc) is 3.60. The normalized spacial score (nSPS) is 16.8. The predicted octanol–water partition coefficient (Wildman–Crippen LogP) is 2.10. The van der Waals surface area contributed by atoms with Crippen molar-refractivity contribution in [3.8, 4) is 5.75 Å². The molecule has 2 heterocycles. The van der Waals surface area contributed by atoms with Gasteiger partial charge in [-0.25, -0.2) is 4.99 Å². The molecule has 33 heavy (non-hydrogen) atoms. The van der Waals surface area contributed by atoms with Crippen LogP contribution in [0.5, 0.6) is 5.75 Å². The van der Waals surface area contributed by atoms with E-state index in [2.05, 4.69) is 31.8 Å². The highest BCUT2D eigenvalue weighted by Gasteiger charge is 2.22. The molecule has 1 aliphatic carbocycles. The minimum absolute atomic E-state index is 0. The van der Waals surface area contributed by atoms with E-state index in [4.69, 9.17) is 14.5 Å². The molecule has 2 aliphatic rings. The lowest BCUT2D eigenvalue weighted by atomic mass is 10.2. The zero-order valence-corrected chi connectivity index (χ0v) is 22.0. The van der Waals surface area contributed by atoms with Crippen molar-refractivity contribution in [1.29, 1.82) is 0 Å². The molecular weight excluding hydrogens is 533 g/mol. The van der Waals surface area contributed by atoms with Crippen molar-refractivity contribution in [2.45, 2.75) is 32.9 Å². The molecule has 1 aromatic carbocycles. The summed E-state index contributed by atoms with van der Waals surface area (Å²) >= 11 is 0. The van der Waals surface area contributed by atoms with E-state index in [9.17, 15) is 0 Å². The van der Waals surface area contributed by atoms with E-state index >= 15 is 0 Å². The maximum absolute atomic E-state index is 6.05. The highest BCUT2D eigenvalue weighted by atomic mass is 127. The quantitative estimate of drug-likeness (QED) is 0.258. The van der Waals surface area contributed by atoms with Crippen LogP contribution in [0.15, 0.2) is 29.3 Å². The van der Waals surface area contributed by atoms with E-state index in [0.717, 1.165) is 80.8 Å². The molecule has 182 valence electrons. The second kappa shape index (κ2) is 13.1. The van der Waals surface area contributed by atoms with Crippen molar-refractivity contribution < 1.29 is 9.47 Å². The third kappa shape index (κ3) is 8.11. The summed E-state index contributed by atoms with van der Waals surface area (Å²) in [5, 5.41) is 15.3. The van der Waals surface area contributed by atoms with Gasteiger partial charge < -0.3 is 24.7 Å². The van der Waals surface area contributed by atoms with Crippen molar-refractivity contribution in [1.82, 2.24) is 30.3 Å². The van der Waals surface area contributed by atoms with Gasteiger partial charge >= 0.3 is 0 Å². The Morgan fingerprint density at radius 3 is 2.70 bits per heavy atom. The van der Waals surface area contributed by atoms with Gasteiger partial charge in [-0.3, -0.25) is 4.90 Å². The van der Waals surface area contributed by atoms with Crippen molar-refractivity contribution in [3.63, 3.8) is 0 Å². The maximum Gasteiger partial charge on any atom is 0.192 e. The summed E-state index contributed by atoms with van der Waals surface area (Å²) < 4.78 is 13.5. The lowest BCUT2D eigenvalue weighted by Gasteiger charge is -2.26. The van der Waals surface area contributed by atoms with Gasteiger partial charge in [0.05, 0.1) is 32.9 Å². The Balaban J connectivity index is 0.00000306. The molecular formula is C23H36IN7O2. The minimum Gasteiger partial charge on any atom is -0.493 e. The maximum atomic E-state index is 6.05. The average molecular weight is 569 g/mol. The third-order valence-corrected chi connectivity index (χ3v) is 5.97. The number of aryl methyl sites for hydroxylation is 1. The monoisotopic (exact) mass is 569 g/mol. The summed E-state index contributed by atoms with van der Waals surface area (Å²) in [7, 11) is 1.97. The SMILES string of the molecule is Cc1nnc(CNC(=NCc2ccccc2OCC2CC2)NCCN2CCOCC2)n1C.I. The van der Waals surface area contributed by atoms with Crippen molar-refractivity contribution in [2.24, 2.45) is 18.0 Å². The molecule has 10 heteroatoms. The Kier molecular flexibility index (Phi) is 10.2. The van der Waals surface area contributed by atoms with E-state index in [1.165, 1.54) is 12.8 Å². The first kappa shape index (κ1) is 25.7. The second-order valence-electron chi connectivity index (χ2n) is 8.48. The first-order valence-corrected chi connectivity index (χ1v) is 11.6. The molecule has 0 amide bonds. The minimum atomic E-state index is 0. The van der Waals surface area contributed by atoms with Gasteiger partial charge in [-0.15, -0.1) is 34.2 Å². The smallest absolute Gasteiger partial charge is 0.192 e. The van der Waals surface area contributed by atoms with Crippen LogP contribution in [0.25, 0.3) is 0 Å². The lowest BCUT2D eigenvalue weighted by molar-refractivity contribution is 0.0389. The molecule has 0 unspecified atom stereocenters. The molecule has 1 saturated heterocycles. The molecule has 0 spiro atoms. The molecule has 0 radical (unpaired) electrons.